The molecule has 1 aliphatic heterocycles. The van der Waals surface area contributed by atoms with E-state index in [-0.39, 0.29) is 5.91 Å². The van der Waals surface area contributed by atoms with Gasteiger partial charge in [-0.25, -0.2) is 0 Å². The van der Waals surface area contributed by atoms with Gasteiger partial charge in [0.15, 0.2) is 0 Å². The van der Waals surface area contributed by atoms with E-state index in [1.807, 2.05) is 36.4 Å². The van der Waals surface area contributed by atoms with Crippen LogP contribution in [0.2, 0.25) is 5.02 Å². The standard InChI is InChI=1S/C20H25ClN4O/c1-22-20(26)15-6-8-16(9-7-15)23-14-17-18(21)4-3-5-19(17)25-12-10-24(2)11-13-25/h3-9,23H,10-14H2,1-2H3,(H,22,26). The van der Waals surface area contributed by atoms with Crippen LogP contribution in [0.25, 0.3) is 0 Å². The molecule has 2 aromatic rings. The van der Waals surface area contributed by atoms with Crippen LogP contribution in [0.1, 0.15) is 15.9 Å². The first-order chi connectivity index (χ1) is 12.6. The van der Waals surface area contributed by atoms with E-state index in [2.05, 4.69) is 33.5 Å². The molecule has 0 aliphatic carbocycles. The van der Waals surface area contributed by atoms with Gasteiger partial charge in [0, 0.05) is 67.3 Å². The normalized spacial score (nSPS) is 15.0. The van der Waals surface area contributed by atoms with Crippen LogP contribution in [-0.2, 0) is 6.54 Å². The maximum atomic E-state index is 11.6. The van der Waals surface area contributed by atoms with Crippen molar-refractivity contribution in [3.8, 4) is 0 Å². The summed E-state index contributed by atoms with van der Waals surface area (Å²) >= 11 is 6.50. The second-order valence-corrected chi connectivity index (χ2v) is 6.95. The number of carbonyl (C=O) groups is 1. The number of piperazine rings is 1. The fraction of sp³-hybridized carbons (Fsp3) is 0.350. The highest BCUT2D eigenvalue weighted by atomic mass is 35.5. The monoisotopic (exact) mass is 372 g/mol. The maximum absolute atomic E-state index is 11.6. The molecule has 0 saturated carbocycles. The smallest absolute Gasteiger partial charge is 0.251 e. The van der Waals surface area contributed by atoms with Crippen LogP contribution >= 0.6 is 11.6 Å². The average Bonchev–Trinajstić information content (AvgIpc) is 2.67. The SMILES string of the molecule is CNC(=O)c1ccc(NCc2c(Cl)cccc2N2CCN(C)CC2)cc1. The second-order valence-electron chi connectivity index (χ2n) is 6.54. The lowest BCUT2D eigenvalue weighted by molar-refractivity contribution is 0.0963. The maximum Gasteiger partial charge on any atom is 0.251 e. The Hall–Kier alpha value is -2.24. The Morgan fingerprint density at radius 2 is 1.77 bits per heavy atom. The molecule has 0 atom stereocenters. The van der Waals surface area contributed by atoms with Gasteiger partial charge in [0.25, 0.3) is 5.91 Å². The van der Waals surface area contributed by atoms with Crippen LogP contribution in [0.4, 0.5) is 11.4 Å². The molecule has 0 unspecified atom stereocenters. The second kappa shape index (κ2) is 8.43. The largest absolute Gasteiger partial charge is 0.381 e. The molecule has 1 amide bonds. The first kappa shape index (κ1) is 18.5. The Morgan fingerprint density at radius 1 is 1.08 bits per heavy atom. The number of likely N-dealkylation sites (N-methyl/N-ethyl adjacent to an activating group) is 1. The Labute approximate surface area is 159 Å². The minimum absolute atomic E-state index is 0.0833. The summed E-state index contributed by atoms with van der Waals surface area (Å²) < 4.78 is 0. The Balaban J connectivity index is 1.72. The van der Waals surface area contributed by atoms with E-state index in [1.54, 1.807) is 7.05 Å². The van der Waals surface area contributed by atoms with Crippen molar-refractivity contribution in [3.05, 3.63) is 58.6 Å². The fourth-order valence-corrected chi connectivity index (χ4v) is 3.38. The van der Waals surface area contributed by atoms with E-state index in [0.717, 1.165) is 42.5 Å². The van der Waals surface area contributed by atoms with Gasteiger partial charge < -0.3 is 20.4 Å². The molecule has 2 N–H and O–H groups in total. The molecule has 3 rings (SSSR count). The number of nitrogens with zero attached hydrogens (tertiary/aromatic N) is 2. The van der Waals surface area contributed by atoms with Gasteiger partial charge >= 0.3 is 0 Å². The van der Waals surface area contributed by atoms with E-state index in [0.29, 0.717) is 12.1 Å². The minimum Gasteiger partial charge on any atom is -0.381 e. The summed E-state index contributed by atoms with van der Waals surface area (Å²) in [4.78, 5) is 16.4. The molecule has 138 valence electrons. The van der Waals surface area contributed by atoms with Crippen LogP contribution in [0.5, 0.6) is 0 Å². The van der Waals surface area contributed by atoms with Crippen LogP contribution in [-0.4, -0.2) is 51.1 Å². The van der Waals surface area contributed by atoms with Gasteiger partial charge in [-0.15, -0.1) is 0 Å². The van der Waals surface area contributed by atoms with Crippen LogP contribution in [0.3, 0.4) is 0 Å². The lowest BCUT2D eigenvalue weighted by Crippen LogP contribution is -2.44. The Bertz CT molecular complexity index is 755. The third kappa shape index (κ3) is 4.29. The van der Waals surface area contributed by atoms with Crippen molar-refractivity contribution in [1.29, 1.82) is 0 Å². The molecule has 2 aromatic carbocycles. The minimum atomic E-state index is -0.0833. The number of anilines is 2. The summed E-state index contributed by atoms with van der Waals surface area (Å²) in [6.45, 7) is 4.76. The zero-order valence-electron chi connectivity index (χ0n) is 15.3. The number of carbonyl (C=O) groups excluding carboxylic acids is 1. The number of halogens is 1. The summed E-state index contributed by atoms with van der Waals surface area (Å²) in [6, 6.07) is 13.5. The van der Waals surface area contributed by atoms with Crippen molar-refractivity contribution in [3.63, 3.8) is 0 Å². The zero-order valence-corrected chi connectivity index (χ0v) is 16.0. The predicted molar refractivity (Wildman–Crippen MR) is 108 cm³/mol. The van der Waals surface area contributed by atoms with Gasteiger partial charge in [-0.05, 0) is 43.4 Å². The van der Waals surface area contributed by atoms with Crippen LogP contribution in [0.15, 0.2) is 42.5 Å². The van der Waals surface area contributed by atoms with Crippen molar-refractivity contribution >= 4 is 28.9 Å². The molecular formula is C20H25ClN4O. The van der Waals surface area contributed by atoms with Crippen molar-refractivity contribution in [2.75, 3.05) is 50.5 Å². The van der Waals surface area contributed by atoms with E-state index >= 15 is 0 Å². The third-order valence-corrected chi connectivity index (χ3v) is 5.14. The van der Waals surface area contributed by atoms with Crippen molar-refractivity contribution in [1.82, 2.24) is 10.2 Å². The third-order valence-electron chi connectivity index (χ3n) is 4.78. The molecule has 0 spiro atoms. The number of nitrogens with one attached hydrogen (secondary N) is 2. The molecule has 26 heavy (non-hydrogen) atoms. The predicted octanol–water partition coefficient (Wildman–Crippen LogP) is 3.06. The zero-order chi connectivity index (χ0) is 18.5. The number of hydrogen-bond donors (Lipinski definition) is 2. The molecule has 1 heterocycles. The van der Waals surface area contributed by atoms with Gasteiger partial charge in [-0.2, -0.15) is 0 Å². The van der Waals surface area contributed by atoms with Crippen molar-refractivity contribution in [2.24, 2.45) is 0 Å². The highest BCUT2D eigenvalue weighted by Gasteiger charge is 2.18. The lowest BCUT2D eigenvalue weighted by atomic mass is 10.1. The van der Waals surface area contributed by atoms with E-state index in [4.69, 9.17) is 11.6 Å². The summed E-state index contributed by atoms with van der Waals surface area (Å²) in [5.74, 6) is -0.0833. The quantitative estimate of drug-likeness (QED) is 0.846. The first-order valence-electron chi connectivity index (χ1n) is 8.85. The summed E-state index contributed by atoms with van der Waals surface area (Å²) in [5.41, 5.74) is 3.91. The number of rotatable bonds is 5. The van der Waals surface area contributed by atoms with E-state index in [9.17, 15) is 4.79 Å². The molecular weight excluding hydrogens is 348 g/mol. The number of amides is 1. The lowest BCUT2D eigenvalue weighted by Gasteiger charge is -2.35. The molecule has 5 nitrogen and oxygen atoms in total. The molecule has 1 saturated heterocycles. The highest BCUT2D eigenvalue weighted by molar-refractivity contribution is 6.31. The fourth-order valence-electron chi connectivity index (χ4n) is 3.14. The summed E-state index contributed by atoms with van der Waals surface area (Å²) in [6.07, 6.45) is 0. The average molecular weight is 373 g/mol. The van der Waals surface area contributed by atoms with Gasteiger partial charge in [0.1, 0.15) is 0 Å². The summed E-state index contributed by atoms with van der Waals surface area (Å²) in [7, 11) is 3.78. The molecule has 1 aliphatic rings. The first-order valence-corrected chi connectivity index (χ1v) is 9.23. The van der Waals surface area contributed by atoms with Crippen LogP contribution < -0.4 is 15.5 Å². The molecule has 0 bridgehead atoms. The van der Waals surface area contributed by atoms with Gasteiger partial charge in [-0.1, -0.05) is 17.7 Å². The van der Waals surface area contributed by atoms with E-state index < -0.39 is 0 Å². The van der Waals surface area contributed by atoms with Crippen LogP contribution in [0, 0.1) is 0 Å². The number of hydrogen-bond acceptors (Lipinski definition) is 4. The van der Waals surface area contributed by atoms with Gasteiger partial charge in [-0.3, -0.25) is 4.79 Å². The van der Waals surface area contributed by atoms with Crippen molar-refractivity contribution in [2.45, 2.75) is 6.54 Å². The Kier molecular flexibility index (Phi) is 6.01. The number of benzene rings is 2. The van der Waals surface area contributed by atoms with Crippen molar-refractivity contribution < 1.29 is 4.79 Å². The molecule has 1 fully saturated rings. The highest BCUT2D eigenvalue weighted by Crippen LogP contribution is 2.29. The van der Waals surface area contributed by atoms with Gasteiger partial charge in [0.2, 0.25) is 0 Å². The molecule has 0 aromatic heterocycles. The Morgan fingerprint density at radius 3 is 2.42 bits per heavy atom. The van der Waals surface area contributed by atoms with E-state index in [1.165, 1.54) is 5.69 Å². The molecule has 6 heteroatoms. The van der Waals surface area contributed by atoms with Gasteiger partial charge in [0.05, 0.1) is 0 Å². The molecule has 0 radical (unpaired) electrons. The summed E-state index contributed by atoms with van der Waals surface area (Å²) in [5, 5.41) is 6.82. The topological polar surface area (TPSA) is 47.6 Å².